The van der Waals surface area contributed by atoms with Crippen LogP contribution in [0.3, 0.4) is 0 Å². The molecule has 1 atom stereocenters. The number of hydrogen-bond donors (Lipinski definition) is 2. The fourth-order valence-electron chi connectivity index (χ4n) is 4.57. The Bertz CT molecular complexity index is 935. The Morgan fingerprint density at radius 2 is 1.59 bits per heavy atom. The summed E-state index contributed by atoms with van der Waals surface area (Å²) in [4.78, 5) is 2.16. The van der Waals surface area contributed by atoms with Crippen LogP contribution in [0.25, 0.3) is 0 Å². The smallest absolute Gasteiger partial charge is 0.130 e. The molecule has 0 saturated carbocycles. The number of hydrogen-bond acceptors (Lipinski definition) is 3. The number of aromatic hydroxyl groups is 1. The van der Waals surface area contributed by atoms with Crippen molar-refractivity contribution >= 4 is 0 Å². The Morgan fingerprint density at radius 1 is 1.00 bits per heavy atom. The van der Waals surface area contributed by atoms with Gasteiger partial charge in [0.25, 0.3) is 0 Å². The average Bonchev–Trinajstić information content (AvgIpc) is 3.21. The molecule has 150 valence electrons. The van der Waals surface area contributed by atoms with E-state index in [-0.39, 0.29) is 17.6 Å². The van der Waals surface area contributed by atoms with Gasteiger partial charge in [0.15, 0.2) is 0 Å². The van der Waals surface area contributed by atoms with Gasteiger partial charge >= 0.3 is 0 Å². The zero-order chi connectivity index (χ0) is 20.4. The second-order valence-electron chi connectivity index (χ2n) is 7.86. The highest BCUT2D eigenvalue weighted by Crippen LogP contribution is 2.41. The number of phenols is 1. The van der Waals surface area contributed by atoms with Crippen LogP contribution in [0, 0.1) is 12.7 Å². The molecule has 0 radical (unpaired) electrons. The van der Waals surface area contributed by atoms with Crippen molar-refractivity contribution in [2.45, 2.75) is 38.0 Å². The van der Waals surface area contributed by atoms with Gasteiger partial charge in [0, 0.05) is 18.2 Å². The van der Waals surface area contributed by atoms with Crippen LogP contribution in [-0.2, 0) is 12.1 Å². The molecule has 0 aromatic heterocycles. The quantitative estimate of drug-likeness (QED) is 0.660. The van der Waals surface area contributed by atoms with Crippen molar-refractivity contribution in [3.8, 4) is 5.75 Å². The van der Waals surface area contributed by atoms with E-state index in [1.165, 1.54) is 12.1 Å². The van der Waals surface area contributed by atoms with Gasteiger partial charge in [0.05, 0.1) is 0 Å². The Labute approximate surface area is 171 Å². The van der Waals surface area contributed by atoms with E-state index in [0.29, 0.717) is 17.7 Å². The first-order valence-corrected chi connectivity index (χ1v) is 10.1. The number of phenolic OH excluding ortho intramolecular Hbond substituents is 1. The lowest BCUT2D eigenvalue weighted by atomic mass is 9.79. The molecule has 0 aliphatic carbocycles. The maximum absolute atomic E-state index is 14.0. The number of likely N-dealkylation sites (tertiary alicyclic amines) is 1. The monoisotopic (exact) mass is 391 g/mol. The Kier molecular flexibility index (Phi) is 5.39. The van der Waals surface area contributed by atoms with E-state index in [1.54, 1.807) is 6.92 Å². The number of aryl methyl sites for hydroxylation is 1. The molecule has 0 bridgehead atoms. The molecule has 4 rings (SSSR count). The van der Waals surface area contributed by atoms with Gasteiger partial charge in [-0.25, -0.2) is 4.39 Å². The third kappa shape index (κ3) is 3.66. The van der Waals surface area contributed by atoms with Gasteiger partial charge in [-0.2, -0.15) is 0 Å². The normalized spacial score (nSPS) is 17.6. The predicted molar refractivity (Wildman–Crippen MR) is 112 cm³/mol. The van der Waals surface area contributed by atoms with Crippen molar-refractivity contribution in [3.05, 3.63) is 101 Å². The number of halogens is 1. The van der Waals surface area contributed by atoms with Gasteiger partial charge in [-0.3, -0.25) is 4.90 Å². The molecule has 0 spiro atoms. The molecule has 3 nitrogen and oxygen atoms in total. The molecule has 1 aliphatic heterocycles. The van der Waals surface area contributed by atoms with E-state index in [9.17, 15) is 14.6 Å². The van der Waals surface area contributed by atoms with Crippen molar-refractivity contribution in [3.63, 3.8) is 0 Å². The maximum atomic E-state index is 14.0. The zero-order valence-electron chi connectivity index (χ0n) is 16.6. The molecule has 2 N–H and O–H groups in total. The molecule has 0 unspecified atom stereocenters. The zero-order valence-corrected chi connectivity index (χ0v) is 16.6. The molecule has 3 aromatic rings. The highest BCUT2D eigenvalue weighted by Gasteiger charge is 2.45. The standard InChI is InChI=1S/C25H26FNO2/c1-18-15-22(26)16-19(24(18)28)17-27-14-8-13-23(27)25(29,20-9-4-2-5-10-20)21-11-6-3-7-12-21/h2-7,9-12,15-16,23,28-29H,8,13-14,17H2,1H3/t23-/m1/s1. The van der Waals surface area contributed by atoms with Crippen molar-refractivity contribution < 1.29 is 14.6 Å². The Hall–Kier alpha value is -2.69. The second kappa shape index (κ2) is 7.97. The third-order valence-corrected chi connectivity index (χ3v) is 5.99. The summed E-state index contributed by atoms with van der Waals surface area (Å²) < 4.78 is 14.0. The maximum Gasteiger partial charge on any atom is 0.130 e. The van der Waals surface area contributed by atoms with E-state index in [2.05, 4.69) is 4.90 Å². The van der Waals surface area contributed by atoms with E-state index < -0.39 is 5.60 Å². The summed E-state index contributed by atoms with van der Waals surface area (Å²) in [6.45, 7) is 2.87. The van der Waals surface area contributed by atoms with Crippen molar-refractivity contribution in [1.29, 1.82) is 0 Å². The second-order valence-corrected chi connectivity index (χ2v) is 7.86. The molecule has 1 fully saturated rings. The lowest BCUT2D eigenvalue weighted by molar-refractivity contribution is -0.00674. The summed E-state index contributed by atoms with van der Waals surface area (Å²) in [6.07, 6.45) is 1.75. The third-order valence-electron chi connectivity index (χ3n) is 5.99. The van der Waals surface area contributed by atoms with Crippen LogP contribution in [0.2, 0.25) is 0 Å². The van der Waals surface area contributed by atoms with Gasteiger partial charge in [-0.05, 0) is 55.1 Å². The van der Waals surface area contributed by atoms with Crippen LogP contribution >= 0.6 is 0 Å². The average molecular weight is 391 g/mol. The van der Waals surface area contributed by atoms with Crippen LogP contribution in [0.4, 0.5) is 4.39 Å². The first kappa shape index (κ1) is 19.6. The number of rotatable bonds is 5. The van der Waals surface area contributed by atoms with Gasteiger partial charge in [-0.1, -0.05) is 60.7 Å². The molecule has 1 saturated heterocycles. The first-order valence-electron chi connectivity index (χ1n) is 10.1. The lowest BCUT2D eigenvalue weighted by Gasteiger charge is -2.40. The Morgan fingerprint density at radius 3 is 2.17 bits per heavy atom. The molecule has 4 heteroatoms. The molecule has 3 aromatic carbocycles. The SMILES string of the molecule is Cc1cc(F)cc(CN2CCC[C@@H]2C(O)(c2ccccc2)c2ccccc2)c1O. The molecular weight excluding hydrogens is 365 g/mol. The van der Waals surface area contributed by atoms with E-state index in [1.807, 2.05) is 60.7 Å². The first-order chi connectivity index (χ1) is 14.0. The fourth-order valence-corrected chi connectivity index (χ4v) is 4.57. The van der Waals surface area contributed by atoms with Gasteiger partial charge < -0.3 is 10.2 Å². The lowest BCUT2D eigenvalue weighted by Crippen LogP contribution is -2.48. The summed E-state index contributed by atoms with van der Waals surface area (Å²) in [5, 5.41) is 22.6. The van der Waals surface area contributed by atoms with E-state index in [0.717, 1.165) is 30.5 Å². The summed E-state index contributed by atoms with van der Waals surface area (Å²) >= 11 is 0. The summed E-state index contributed by atoms with van der Waals surface area (Å²) in [7, 11) is 0. The number of benzene rings is 3. The predicted octanol–water partition coefficient (Wildman–Crippen LogP) is 4.74. The summed E-state index contributed by atoms with van der Waals surface area (Å²) in [5.74, 6) is -0.229. The van der Waals surface area contributed by atoms with Crippen molar-refractivity contribution in [1.82, 2.24) is 4.90 Å². The van der Waals surface area contributed by atoms with Crippen LogP contribution in [0.15, 0.2) is 72.8 Å². The van der Waals surface area contributed by atoms with Gasteiger partial charge in [0.2, 0.25) is 0 Å². The molecule has 1 aliphatic rings. The molecule has 1 heterocycles. The van der Waals surface area contributed by atoms with Gasteiger partial charge in [0.1, 0.15) is 17.2 Å². The summed E-state index contributed by atoms with van der Waals surface area (Å²) in [5.41, 5.74) is 1.55. The minimum atomic E-state index is -1.20. The van der Waals surface area contributed by atoms with Crippen LogP contribution in [-0.4, -0.2) is 27.7 Å². The molecule has 0 amide bonds. The van der Waals surface area contributed by atoms with E-state index >= 15 is 0 Å². The highest BCUT2D eigenvalue weighted by molar-refractivity contribution is 5.41. The van der Waals surface area contributed by atoms with Crippen molar-refractivity contribution in [2.24, 2.45) is 0 Å². The minimum absolute atomic E-state index is 0.125. The number of aliphatic hydroxyl groups is 1. The Balaban J connectivity index is 1.75. The van der Waals surface area contributed by atoms with Crippen molar-refractivity contribution in [2.75, 3.05) is 6.54 Å². The minimum Gasteiger partial charge on any atom is -0.507 e. The highest BCUT2D eigenvalue weighted by atomic mass is 19.1. The molecule has 29 heavy (non-hydrogen) atoms. The van der Waals surface area contributed by atoms with Gasteiger partial charge in [-0.15, -0.1) is 0 Å². The number of nitrogens with zero attached hydrogens (tertiary/aromatic N) is 1. The van der Waals surface area contributed by atoms with Crippen LogP contribution in [0.5, 0.6) is 5.75 Å². The largest absolute Gasteiger partial charge is 0.507 e. The van der Waals surface area contributed by atoms with Crippen LogP contribution in [0.1, 0.15) is 35.1 Å². The molecular formula is C25H26FNO2. The summed E-state index contributed by atoms with van der Waals surface area (Å²) in [6, 6.07) is 22.0. The van der Waals surface area contributed by atoms with Crippen LogP contribution < -0.4 is 0 Å². The fraction of sp³-hybridized carbons (Fsp3) is 0.280. The van der Waals surface area contributed by atoms with E-state index in [4.69, 9.17) is 0 Å². The topological polar surface area (TPSA) is 43.7 Å².